The fourth-order valence-electron chi connectivity index (χ4n) is 1.14. The number of hydrogen-bond acceptors (Lipinski definition) is 4. The summed E-state index contributed by atoms with van der Waals surface area (Å²) in [4.78, 5) is 21.6. The molecule has 0 heterocycles. The number of rotatable bonds is 4. The number of ketones is 1. The Bertz CT molecular complexity index is 538. The molecule has 0 fully saturated rings. The average molecular weight is 281 g/mol. The summed E-state index contributed by atoms with van der Waals surface area (Å²) < 4.78 is 30.2. The van der Waals surface area contributed by atoms with E-state index in [0.717, 1.165) is 12.1 Å². The van der Waals surface area contributed by atoms with Gasteiger partial charge in [0.05, 0.1) is 11.3 Å². The van der Waals surface area contributed by atoms with Crippen molar-refractivity contribution >= 4 is 57.1 Å². The first kappa shape index (κ1) is 17.3. The molecule has 8 heteroatoms. The molecule has 0 aliphatic carbocycles. The number of carbonyl (C=O) groups excluding carboxylic acids is 2. The molecule has 1 amide bonds. The fourth-order valence-corrected chi connectivity index (χ4v) is 1.62. The van der Waals surface area contributed by atoms with E-state index in [1.165, 1.54) is 19.1 Å². The van der Waals surface area contributed by atoms with Gasteiger partial charge in [0, 0.05) is 5.69 Å². The van der Waals surface area contributed by atoms with E-state index in [1.807, 2.05) is 0 Å². The molecule has 0 unspecified atom stereocenters. The Morgan fingerprint density at radius 2 is 1.72 bits per heavy atom. The number of benzene rings is 1. The Labute approximate surface area is 127 Å². The van der Waals surface area contributed by atoms with Crippen LogP contribution in [0, 0.1) is 0 Å². The van der Waals surface area contributed by atoms with Crippen LogP contribution in [0.2, 0.25) is 0 Å². The van der Waals surface area contributed by atoms with Gasteiger partial charge in [0.25, 0.3) is 10.1 Å². The van der Waals surface area contributed by atoms with Crippen LogP contribution in [0.25, 0.3) is 0 Å². The normalized spacial score (nSPS) is 10.3. The second kappa shape index (κ2) is 7.01. The molecule has 0 spiro atoms. The van der Waals surface area contributed by atoms with E-state index in [9.17, 15) is 18.0 Å². The van der Waals surface area contributed by atoms with Gasteiger partial charge in [-0.2, -0.15) is 8.42 Å². The summed E-state index contributed by atoms with van der Waals surface area (Å²) in [5.74, 6) is -0.742. The van der Waals surface area contributed by atoms with E-state index >= 15 is 0 Å². The predicted octanol–water partition coefficient (Wildman–Crippen LogP) is 0.202. The van der Waals surface area contributed by atoms with Crippen molar-refractivity contribution in [3.8, 4) is 0 Å². The van der Waals surface area contributed by atoms with Crippen LogP contribution < -0.4 is 5.32 Å². The molecule has 0 aromatic heterocycles. The third-order valence-corrected chi connectivity index (χ3v) is 2.71. The number of carbonyl (C=O) groups is 2. The van der Waals surface area contributed by atoms with Crippen molar-refractivity contribution in [1.29, 1.82) is 0 Å². The van der Waals surface area contributed by atoms with Crippen LogP contribution in [0.15, 0.2) is 29.2 Å². The van der Waals surface area contributed by atoms with E-state index < -0.39 is 16.0 Å². The summed E-state index contributed by atoms with van der Waals surface area (Å²) in [6.07, 6.45) is -0.236. The van der Waals surface area contributed by atoms with Crippen LogP contribution >= 0.6 is 0 Å². The Hall–Kier alpha value is -0.730. The third kappa shape index (κ3) is 5.74. The molecule has 2 N–H and O–H groups in total. The topological polar surface area (TPSA) is 101 Å². The first-order valence-electron chi connectivity index (χ1n) is 4.66. The van der Waals surface area contributed by atoms with Gasteiger partial charge in [0.15, 0.2) is 0 Å². The molecule has 0 atom stereocenters. The first-order valence-corrected chi connectivity index (χ1v) is 6.10. The molecule has 0 aliphatic rings. The Kier molecular flexibility index (Phi) is 6.72. The minimum absolute atomic E-state index is 0. The maximum absolute atomic E-state index is 11.2. The number of Topliss-reactive ketones (excluding diaryl/α,β-unsaturated/α-hetero) is 1. The van der Waals surface area contributed by atoms with E-state index in [1.54, 1.807) is 0 Å². The third-order valence-electron chi connectivity index (χ3n) is 1.85. The Morgan fingerprint density at radius 1 is 1.22 bits per heavy atom. The van der Waals surface area contributed by atoms with Gasteiger partial charge in [-0.1, -0.05) is 0 Å². The molecule has 0 aliphatic heterocycles. The van der Waals surface area contributed by atoms with E-state index in [2.05, 4.69) is 5.32 Å². The van der Waals surface area contributed by atoms with Crippen molar-refractivity contribution < 1.29 is 22.6 Å². The molecule has 0 radical (unpaired) electrons. The van der Waals surface area contributed by atoms with Crippen molar-refractivity contribution in [2.24, 2.45) is 0 Å². The van der Waals surface area contributed by atoms with Gasteiger partial charge in [-0.25, -0.2) is 0 Å². The van der Waals surface area contributed by atoms with Crippen molar-refractivity contribution in [1.82, 2.24) is 0 Å². The molecular weight excluding hydrogens is 269 g/mol. The van der Waals surface area contributed by atoms with Crippen LogP contribution in [-0.2, 0) is 19.7 Å². The fraction of sp³-hybridized carbons (Fsp3) is 0.200. The van der Waals surface area contributed by atoms with Gasteiger partial charge in [0.2, 0.25) is 5.91 Å². The molecule has 1 aromatic rings. The van der Waals surface area contributed by atoms with Gasteiger partial charge in [-0.15, -0.1) is 0 Å². The van der Waals surface area contributed by atoms with Crippen molar-refractivity contribution in [3.63, 3.8) is 0 Å². The monoisotopic (exact) mass is 281 g/mol. The van der Waals surface area contributed by atoms with Crippen LogP contribution in [0.4, 0.5) is 5.69 Å². The molecule has 0 saturated carbocycles. The van der Waals surface area contributed by atoms with Gasteiger partial charge in [-0.05, 0) is 31.2 Å². The van der Waals surface area contributed by atoms with Crippen LogP contribution in [-0.4, -0.2) is 54.2 Å². The van der Waals surface area contributed by atoms with Crippen molar-refractivity contribution in [2.75, 3.05) is 5.32 Å². The summed E-state index contributed by atoms with van der Waals surface area (Å²) in [5.41, 5.74) is 0.351. The minimum atomic E-state index is -4.23. The Balaban J connectivity index is 0.00000289. The molecule has 1 aromatic carbocycles. The summed E-state index contributed by atoms with van der Waals surface area (Å²) in [7, 11) is -4.23. The number of amides is 1. The molecule has 0 bridgehead atoms. The van der Waals surface area contributed by atoms with E-state index in [0.29, 0.717) is 5.69 Å². The zero-order valence-electron chi connectivity index (χ0n) is 9.00. The molecule has 0 saturated heterocycles. The molecule has 1 rings (SSSR count). The molecule has 6 nitrogen and oxygen atoms in total. The second-order valence-electron chi connectivity index (χ2n) is 3.43. The van der Waals surface area contributed by atoms with Gasteiger partial charge in [-0.3, -0.25) is 14.1 Å². The summed E-state index contributed by atoms with van der Waals surface area (Å²) in [6.45, 7) is 1.29. The van der Waals surface area contributed by atoms with Crippen LogP contribution in [0.1, 0.15) is 13.3 Å². The second-order valence-corrected chi connectivity index (χ2v) is 4.85. The summed E-state index contributed by atoms with van der Waals surface area (Å²) in [6, 6.07) is 4.94. The molecule has 18 heavy (non-hydrogen) atoms. The SMILES string of the molecule is CC(=O)CC(=O)Nc1ccc(S(=O)(=O)O)cc1.[NaH]. The molecule has 94 valence electrons. The predicted molar refractivity (Wildman–Crippen MR) is 67.3 cm³/mol. The van der Waals surface area contributed by atoms with E-state index in [-0.39, 0.29) is 46.7 Å². The average Bonchev–Trinajstić information content (AvgIpc) is 2.15. The number of nitrogens with one attached hydrogen (secondary N) is 1. The van der Waals surface area contributed by atoms with Crippen LogP contribution in [0.3, 0.4) is 0 Å². The zero-order chi connectivity index (χ0) is 13.1. The van der Waals surface area contributed by atoms with Crippen molar-refractivity contribution in [3.05, 3.63) is 24.3 Å². The van der Waals surface area contributed by atoms with Gasteiger partial charge >= 0.3 is 29.6 Å². The summed E-state index contributed by atoms with van der Waals surface area (Å²) in [5, 5.41) is 2.42. The van der Waals surface area contributed by atoms with Crippen molar-refractivity contribution in [2.45, 2.75) is 18.2 Å². The summed E-state index contributed by atoms with van der Waals surface area (Å²) >= 11 is 0. The first-order chi connectivity index (χ1) is 7.79. The Morgan fingerprint density at radius 3 is 2.11 bits per heavy atom. The van der Waals surface area contributed by atoms with E-state index in [4.69, 9.17) is 4.55 Å². The quantitative estimate of drug-likeness (QED) is 0.466. The number of anilines is 1. The standard InChI is InChI=1S/C10H11NO5S.Na.H/c1-7(12)6-10(13)11-8-2-4-9(5-3-8)17(14,15)16;;/h2-5H,6H2,1H3,(H,11,13)(H,14,15,16);;. The number of hydrogen-bond donors (Lipinski definition) is 2. The maximum atomic E-state index is 11.2. The van der Waals surface area contributed by atoms with Gasteiger partial charge < -0.3 is 5.32 Å². The van der Waals surface area contributed by atoms with Crippen LogP contribution in [0.5, 0.6) is 0 Å². The molecular formula is C10H12NNaO5S. The van der Waals surface area contributed by atoms with Gasteiger partial charge in [0.1, 0.15) is 5.78 Å². The zero-order valence-corrected chi connectivity index (χ0v) is 9.82.